The Labute approximate surface area is 111 Å². The first kappa shape index (κ1) is 13.5. The monoisotopic (exact) mass is 261 g/mol. The number of halogens is 1. The van der Waals surface area contributed by atoms with E-state index in [-0.39, 0.29) is 18.9 Å². The maximum Gasteiger partial charge on any atom is 0.167 e. The Balaban J connectivity index is 2.36. The fourth-order valence-corrected chi connectivity index (χ4v) is 1.87. The summed E-state index contributed by atoms with van der Waals surface area (Å²) in [5.74, 6) is 0.244. The van der Waals surface area contributed by atoms with Crippen LogP contribution in [0.15, 0.2) is 42.5 Å². The molecular formula is C15H16FNO2. The molecule has 0 radical (unpaired) electrons. The Morgan fingerprint density at radius 3 is 2.53 bits per heavy atom. The van der Waals surface area contributed by atoms with Gasteiger partial charge in [-0.05, 0) is 24.1 Å². The van der Waals surface area contributed by atoms with Crippen molar-refractivity contribution >= 4 is 0 Å². The Morgan fingerprint density at radius 1 is 1.05 bits per heavy atom. The summed E-state index contributed by atoms with van der Waals surface area (Å²) < 4.78 is 19.5. The van der Waals surface area contributed by atoms with Gasteiger partial charge >= 0.3 is 0 Å². The molecule has 3 N–H and O–H groups in total. The number of ether oxygens (including phenoxy) is 1. The second kappa shape index (κ2) is 6.31. The predicted molar refractivity (Wildman–Crippen MR) is 71.6 cm³/mol. The molecule has 0 heterocycles. The van der Waals surface area contributed by atoms with Crippen molar-refractivity contribution in [1.82, 2.24) is 0 Å². The van der Waals surface area contributed by atoms with Crippen LogP contribution < -0.4 is 10.5 Å². The van der Waals surface area contributed by atoms with Crippen molar-refractivity contribution in [2.45, 2.75) is 13.0 Å². The number of aliphatic hydroxyl groups is 1. The van der Waals surface area contributed by atoms with Crippen molar-refractivity contribution in [2.24, 2.45) is 5.73 Å². The summed E-state index contributed by atoms with van der Waals surface area (Å²) in [7, 11) is 0. The lowest BCUT2D eigenvalue weighted by molar-refractivity contribution is 0.297. The summed E-state index contributed by atoms with van der Waals surface area (Å²) in [6, 6.07) is 11.9. The van der Waals surface area contributed by atoms with Crippen LogP contribution in [0.2, 0.25) is 0 Å². The lowest BCUT2D eigenvalue weighted by Crippen LogP contribution is -2.02. The van der Waals surface area contributed by atoms with Crippen molar-refractivity contribution in [2.75, 3.05) is 6.61 Å². The average molecular weight is 261 g/mol. The van der Waals surface area contributed by atoms with E-state index in [1.54, 1.807) is 24.3 Å². The molecule has 4 heteroatoms. The number of hydrogen-bond acceptors (Lipinski definition) is 3. The highest BCUT2D eigenvalue weighted by Gasteiger charge is 2.11. The van der Waals surface area contributed by atoms with Crippen LogP contribution in [0.1, 0.15) is 11.1 Å². The van der Waals surface area contributed by atoms with E-state index in [0.717, 1.165) is 5.56 Å². The Morgan fingerprint density at radius 2 is 1.79 bits per heavy atom. The minimum absolute atomic E-state index is 0.0153. The number of nitrogens with two attached hydrogens (primary N) is 1. The molecule has 100 valence electrons. The molecule has 0 saturated heterocycles. The zero-order valence-corrected chi connectivity index (χ0v) is 10.5. The van der Waals surface area contributed by atoms with E-state index >= 15 is 0 Å². The van der Waals surface area contributed by atoms with Crippen molar-refractivity contribution in [3.05, 3.63) is 59.4 Å². The van der Waals surface area contributed by atoms with Crippen molar-refractivity contribution in [3.8, 4) is 11.5 Å². The third-order valence-corrected chi connectivity index (χ3v) is 2.83. The van der Waals surface area contributed by atoms with E-state index in [4.69, 9.17) is 15.6 Å². The molecule has 0 aromatic heterocycles. The van der Waals surface area contributed by atoms with E-state index in [1.165, 1.54) is 6.07 Å². The third kappa shape index (κ3) is 3.10. The molecule has 0 aliphatic rings. The SMILES string of the molecule is NCc1cccc(F)c1Oc1ccccc1CCO. The largest absolute Gasteiger partial charge is 0.454 e. The minimum Gasteiger partial charge on any atom is -0.454 e. The van der Waals surface area contributed by atoms with Crippen LogP contribution in [-0.2, 0) is 13.0 Å². The highest BCUT2D eigenvalue weighted by Crippen LogP contribution is 2.30. The zero-order valence-electron chi connectivity index (χ0n) is 10.5. The summed E-state index contributed by atoms with van der Waals surface area (Å²) in [6.45, 7) is 0.219. The summed E-state index contributed by atoms with van der Waals surface area (Å²) in [5, 5.41) is 9.02. The molecule has 0 aliphatic heterocycles. The molecule has 0 atom stereocenters. The summed E-state index contributed by atoms with van der Waals surface area (Å²) >= 11 is 0. The van der Waals surface area contributed by atoms with E-state index in [0.29, 0.717) is 17.7 Å². The second-order valence-electron chi connectivity index (χ2n) is 4.12. The van der Waals surface area contributed by atoms with Gasteiger partial charge in [-0.2, -0.15) is 0 Å². The molecule has 3 nitrogen and oxygen atoms in total. The van der Waals surface area contributed by atoms with E-state index in [2.05, 4.69) is 0 Å². The van der Waals surface area contributed by atoms with Gasteiger partial charge in [0.1, 0.15) is 5.75 Å². The molecule has 19 heavy (non-hydrogen) atoms. The number of hydrogen-bond donors (Lipinski definition) is 2. The van der Waals surface area contributed by atoms with E-state index in [1.807, 2.05) is 12.1 Å². The highest BCUT2D eigenvalue weighted by atomic mass is 19.1. The topological polar surface area (TPSA) is 55.5 Å². The normalized spacial score (nSPS) is 10.5. The zero-order chi connectivity index (χ0) is 13.7. The van der Waals surface area contributed by atoms with Gasteiger partial charge in [0, 0.05) is 18.7 Å². The molecule has 0 fully saturated rings. The van der Waals surface area contributed by atoms with Gasteiger partial charge in [0.15, 0.2) is 11.6 Å². The third-order valence-electron chi connectivity index (χ3n) is 2.83. The summed E-state index contributed by atoms with van der Waals surface area (Å²) in [5.41, 5.74) is 7.02. The number of benzene rings is 2. The molecule has 0 amide bonds. The Bertz CT molecular complexity index is 558. The molecule has 0 aliphatic carbocycles. The summed E-state index contributed by atoms with van der Waals surface area (Å²) in [6.07, 6.45) is 0.461. The minimum atomic E-state index is -0.443. The molecular weight excluding hydrogens is 245 g/mol. The smallest absolute Gasteiger partial charge is 0.167 e. The molecule has 0 spiro atoms. The fraction of sp³-hybridized carbons (Fsp3) is 0.200. The van der Waals surface area contributed by atoms with Crippen LogP contribution in [0.5, 0.6) is 11.5 Å². The molecule has 2 aromatic carbocycles. The molecule has 2 rings (SSSR count). The number of rotatable bonds is 5. The van der Waals surface area contributed by atoms with Crippen LogP contribution in [0.4, 0.5) is 4.39 Å². The fourth-order valence-electron chi connectivity index (χ4n) is 1.87. The maximum atomic E-state index is 13.8. The van der Waals surface area contributed by atoms with Crippen molar-refractivity contribution in [3.63, 3.8) is 0 Å². The number of aliphatic hydroxyl groups excluding tert-OH is 1. The van der Waals surface area contributed by atoms with Gasteiger partial charge in [0.25, 0.3) is 0 Å². The van der Waals surface area contributed by atoms with Gasteiger partial charge in [-0.25, -0.2) is 4.39 Å². The maximum absolute atomic E-state index is 13.8. The van der Waals surface area contributed by atoms with Gasteiger partial charge < -0.3 is 15.6 Å². The van der Waals surface area contributed by atoms with Gasteiger partial charge in [0.2, 0.25) is 0 Å². The first-order chi connectivity index (χ1) is 9.26. The van der Waals surface area contributed by atoms with Gasteiger partial charge in [0.05, 0.1) is 0 Å². The Hall–Kier alpha value is -1.91. The predicted octanol–water partition coefficient (Wildman–Crippen LogP) is 2.61. The first-order valence-corrected chi connectivity index (χ1v) is 6.10. The van der Waals surface area contributed by atoms with Crippen LogP contribution in [0.3, 0.4) is 0 Å². The van der Waals surface area contributed by atoms with Crippen LogP contribution in [0, 0.1) is 5.82 Å². The Kier molecular flexibility index (Phi) is 4.49. The van der Waals surface area contributed by atoms with Crippen molar-refractivity contribution in [1.29, 1.82) is 0 Å². The second-order valence-corrected chi connectivity index (χ2v) is 4.12. The molecule has 0 saturated carbocycles. The van der Waals surface area contributed by atoms with Crippen LogP contribution >= 0.6 is 0 Å². The summed E-state index contributed by atoms with van der Waals surface area (Å²) in [4.78, 5) is 0. The van der Waals surface area contributed by atoms with Crippen LogP contribution in [-0.4, -0.2) is 11.7 Å². The van der Waals surface area contributed by atoms with Gasteiger partial charge in [-0.1, -0.05) is 30.3 Å². The van der Waals surface area contributed by atoms with E-state index < -0.39 is 5.82 Å². The molecule has 2 aromatic rings. The lowest BCUT2D eigenvalue weighted by atomic mass is 10.1. The lowest BCUT2D eigenvalue weighted by Gasteiger charge is -2.13. The number of para-hydroxylation sites is 2. The van der Waals surface area contributed by atoms with E-state index in [9.17, 15) is 4.39 Å². The van der Waals surface area contributed by atoms with Gasteiger partial charge in [-0.3, -0.25) is 0 Å². The van der Waals surface area contributed by atoms with Crippen molar-refractivity contribution < 1.29 is 14.2 Å². The first-order valence-electron chi connectivity index (χ1n) is 6.10. The molecule has 0 bridgehead atoms. The van der Waals surface area contributed by atoms with Crippen LogP contribution in [0.25, 0.3) is 0 Å². The average Bonchev–Trinajstić information content (AvgIpc) is 2.43. The standard InChI is InChI=1S/C15H16FNO2/c16-13-6-3-5-12(10-17)15(13)19-14-7-2-1-4-11(14)8-9-18/h1-7,18H,8-10,17H2. The van der Waals surface area contributed by atoms with Gasteiger partial charge in [-0.15, -0.1) is 0 Å². The molecule has 0 unspecified atom stereocenters. The highest BCUT2D eigenvalue weighted by molar-refractivity contribution is 5.42. The quantitative estimate of drug-likeness (QED) is 0.869.